The highest BCUT2D eigenvalue weighted by molar-refractivity contribution is 6.31. The van der Waals surface area contributed by atoms with E-state index >= 15 is 0 Å². The monoisotopic (exact) mass is 426 g/mol. The molecule has 4 nitrogen and oxygen atoms in total. The van der Waals surface area contributed by atoms with Crippen molar-refractivity contribution in [1.82, 2.24) is 0 Å². The number of fused-ring (bicyclic) bond motifs is 1. The second-order valence-electron chi connectivity index (χ2n) is 6.25. The van der Waals surface area contributed by atoms with Crippen molar-refractivity contribution in [3.63, 3.8) is 0 Å². The third-order valence-electron chi connectivity index (χ3n) is 4.26. The molecule has 0 aliphatic carbocycles. The molecule has 0 N–H and O–H groups in total. The predicted octanol–water partition coefficient (Wildman–Crippen LogP) is 6.22. The summed E-state index contributed by atoms with van der Waals surface area (Å²) in [5, 5.41) is 1.45. The normalized spacial score (nSPS) is 10.8. The Morgan fingerprint density at radius 1 is 0.793 bits per heavy atom. The maximum atomic E-state index is 13.1. The molecule has 0 atom stereocenters. The summed E-state index contributed by atoms with van der Waals surface area (Å²) in [6.07, 6.45) is 0. The maximum absolute atomic E-state index is 13.1. The quantitative estimate of drug-likeness (QED) is 0.343. The number of hydrogen-bond donors (Lipinski definition) is 0. The molecule has 0 saturated carbocycles. The first-order valence-electron chi connectivity index (χ1n) is 8.95. The van der Waals surface area contributed by atoms with Crippen LogP contribution in [-0.4, -0.2) is 13.2 Å². The van der Waals surface area contributed by atoms with Crippen LogP contribution in [0.1, 0.15) is 0 Å². The lowest BCUT2D eigenvalue weighted by molar-refractivity contribution is 0.214. The molecule has 0 aliphatic rings. The molecule has 3 aromatic carbocycles. The molecule has 0 unspecified atom stereocenters. The molecule has 1 aromatic heterocycles. The van der Waals surface area contributed by atoms with Gasteiger partial charge < -0.3 is 13.9 Å². The first kappa shape index (κ1) is 19.4. The van der Waals surface area contributed by atoms with Gasteiger partial charge in [0.25, 0.3) is 0 Å². The zero-order chi connectivity index (χ0) is 20.2. The second kappa shape index (κ2) is 8.60. The molecule has 0 fully saturated rings. The van der Waals surface area contributed by atoms with E-state index in [0.29, 0.717) is 32.5 Å². The molecule has 29 heavy (non-hydrogen) atoms. The number of ether oxygens (including phenoxy) is 2. The zero-order valence-corrected chi connectivity index (χ0v) is 16.7. The molecule has 4 aromatic rings. The van der Waals surface area contributed by atoms with Crippen molar-refractivity contribution >= 4 is 34.2 Å². The number of benzene rings is 3. The SMILES string of the molecule is O=c1c(OCCOc2ccc(Cl)cc2)c(-c2ccccc2)oc2ccc(Cl)cc12. The van der Waals surface area contributed by atoms with E-state index in [4.69, 9.17) is 37.1 Å². The molecule has 0 amide bonds. The predicted molar refractivity (Wildman–Crippen MR) is 115 cm³/mol. The Balaban J connectivity index is 1.63. The standard InChI is InChI=1S/C23H16Cl2O4/c24-16-6-9-18(10-7-16)27-12-13-28-23-21(26)19-14-17(25)8-11-20(19)29-22(23)15-4-2-1-3-5-15/h1-11,14H,12-13H2. The Kier molecular flexibility index (Phi) is 5.74. The van der Waals surface area contributed by atoms with Gasteiger partial charge in [-0.05, 0) is 42.5 Å². The van der Waals surface area contributed by atoms with Crippen LogP contribution in [0.5, 0.6) is 11.5 Å². The van der Waals surface area contributed by atoms with Crippen LogP contribution >= 0.6 is 23.2 Å². The van der Waals surface area contributed by atoms with Gasteiger partial charge in [-0.25, -0.2) is 0 Å². The van der Waals surface area contributed by atoms with Crippen LogP contribution < -0.4 is 14.9 Å². The van der Waals surface area contributed by atoms with Gasteiger partial charge in [0.05, 0.1) is 5.39 Å². The largest absolute Gasteiger partial charge is 0.490 e. The zero-order valence-electron chi connectivity index (χ0n) is 15.2. The Labute approximate surface area is 177 Å². The van der Waals surface area contributed by atoms with Crippen molar-refractivity contribution in [3.8, 4) is 22.8 Å². The first-order chi connectivity index (χ1) is 14.1. The summed E-state index contributed by atoms with van der Waals surface area (Å²) in [6.45, 7) is 0.419. The van der Waals surface area contributed by atoms with Crippen molar-refractivity contribution in [2.45, 2.75) is 0 Å². The average molecular weight is 427 g/mol. The number of halogens is 2. The van der Waals surface area contributed by atoms with E-state index in [0.717, 1.165) is 5.56 Å². The molecule has 0 spiro atoms. The van der Waals surface area contributed by atoms with Crippen LogP contribution in [0.2, 0.25) is 10.0 Å². The fourth-order valence-corrected chi connectivity index (χ4v) is 3.19. The molecule has 1 heterocycles. The second-order valence-corrected chi connectivity index (χ2v) is 7.12. The fourth-order valence-electron chi connectivity index (χ4n) is 2.90. The van der Waals surface area contributed by atoms with Crippen LogP contribution in [0, 0.1) is 0 Å². The summed E-state index contributed by atoms with van der Waals surface area (Å²) >= 11 is 11.9. The minimum absolute atomic E-state index is 0.130. The minimum Gasteiger partial charge on any atom is -0.490 e. The van der Waals surface area contributed by atoms with Crippen LogP contribution in [0.25, 0.3) is 22.3 Å². The summed E-state index contributed by atoms with van der Waals surface area (Å²) in [6, 6.07) is 21.3. The van der Waals surface area contributed by atoms with Gasteiger partial charge in [0.15, 0.2) is 5.76 Å². The van der Waals surface area contributed by atoms with Crippen molar-refractivity contribution in [3.05, 3.63) is 93.1 Å². The summed E-state index contributed by atoms with van der Waals surface area (Å²) in [7, 11) is 0. The van der Waals surface area contributed by atoms with Crippen LogP contribution in [0.3, 0.4) is 0 Å². The van der Waals surface area contributed by atoms with E-state index < -0.39 is 0 Å². The molecular formula is C23H16Cl2O4. The van der Waals surface area contributed by atoms with Crippen molar-refractivity contribution in [2.75, 3.05) is 13.2 Å². The van der Waals surface area contributed by atoms with Gasteiger partial charge in [-0.15, -0.1) is 0 Å². The molecule has 0 aliphatic heterocycles. The molecule has 0 bridgehead atoms. The summed E-state index contributed by atoms with van der Waals surface area (Å²) in [4.78, 5) is 13.1. The van der Waals surface area contributed by atoms with Crippen molar-refractivity contribution in [1.29, 1.82) is 0 Å². The van der Waals surface area contributed by atoms with Gasteiger partial charge in [0.2, 0.25) is 11.2 Å². The van der Waals surface area contributed by atoms with Crippen molar-refractivity contribution in [2.24, 2.45) is 0 Å². The van der Waals surface area contributed by atoms with Crippen molar-refractivity contribution < 1.29 is 13.9 Å². The minimum atomic E-state index is -0.279. The number of hydrogen-bond acceptors (Lipinski definition) is 4. The van der Waals surface area contributed by atoms with Gasteiger partial charge in [-0.1, -0.05) is 53.5 Å². The Hall–Kier alpha value is -2.95. The Bertz CT molecular complexity index is 1190. The fraction of sp³-hybridized carbons (Fsp3) is 0.0870. The highest BCUT2D eigenvalue weighted by Crippen LogP contribution is 2.31. The van der Waals surface area contributed by atoms with E-state index in [1.807, 2.05) is 30.3 Å². The highest BCUT2D eigenvalue weighted by atomic mass is 35.5. The number of rotatable bonds is 6. The third kappa shape index (κ3) is 4.39. The van der Waals surface area contributed by atoms with Crippen LogP contribution in [-0.2, 0) is 0 Å². The molecule has 146 valence electrons. The Morgan fingerprint density at radius 2 is 1.48 bits per heavy atom. The third-order valence-corrected chi connectivity index (χ3v) is 4.75. The molecular weight excluding hydrogens is 411 g/mol. The lowest BCUT2D eigenvalue weighted by Gasteiger charge is -2.12. The summed E-state index contributed by atoms with van der Waals surface area (Å²) < 4.78 is 17.5. The molecule has 0 radical (unpaired) electrons. The van der Waals surface area contributed by atoms with Gasteiger partial charge in [-0.2, -0.15) is 0 Å². The molecule has 0 saturated heterocycles. The lowest BCUT2D eigenvalue weighted by Crippen LogP contribution is -2.15. The topological polar surface area (TPSA) is 48.7 Å². The Morgan fingerprint density at radius 3 is 2.24 bits per heavy atom. The summed E-state index contributed by atoms with van der Waals surface area (Å²) in [5.41, 5.74) is 0.914. The van der Waals surface area contributed by atoms with Gasteiger partial charge in [-0.3, -0.25) is 4.79 Å². The maximum Gasteiger partial charge on any atom is 0.235 e. The lowest BCUT2D eigenvalue weighted by atomic mass is 10.1. The van der Waals surface area contributed by atoms with Crippen LogP contribution in [0.15, 0.2) is 82.0 Å². The van der Waals surface area contributed by atoms with E-state index in [1.54, 1.807) is 42.5 Å². The van der Waals surface area contributed by atoms with Gasteiger partial charge in [0.1, 0.15) is 24.5 Å². The average Bonchev–Trinajstić information content (AvgIpc) is 2.74. The summed E-state index contributed by atoms with van der Waals surface area (Å²) in [5.74, 6) is 1.17. The molecule has 4 rings (SSSR count). The van der Waals surface area contributed by atoms with Crippen LogP contribution in [0.4, 0.5) is 0 Å². The van der Waals surface area contributed by atoms with Gasteiger partial charge >= 0.3 is 0 Å². The van der Waals surface area contributed by atoms with Gasteiger partial charge in [0, 0.05) is 15.6 Å². The van der Waals surface area contributed by atoms with E-state index in [9.17, 15) is 4.79 Å². The van der Waals surface area contributed by atoms with E-state index in [2.05, 4.69) is 0 Å². The van der Waals surface area contributed by atoms with E-state index in [1.165, 1.54) is 0 Å². The highest BCUT2D eigenvalue weighted by Gasteiger charge is 2.18. The molecule has 6 heteroatoms. The smallest absolute Gasteiger partial charge is 0.235 e. The van der Waals surface area contributed by atoms with E-state index in [-0.39, 0.29) is 24.4 Å². The first-order valence-corrected chi connectivity index (χ1v) is 9.70.